The van der Waals surface area contributed by atoms with Crippen LogP contribution < -0.4 is 15.0 Å². The predicted octanol–water partition coefficient (Wildman–Crippen LogP) is 4.47. The molecule has 0 spiro atoms. The van der Waals surface area contributed by atoms with Crippen LogP contribution in [0.1, 0.15) is 12.2 Å². The molecule has 7 nitrogen and oxygen atoms in total. The lowest BCUT2D eigenvalue weighted by atomic mass is 10.2. The number of rotatable bonds is 6. The first-order chi connectivity index (χ1) is 15.5. The van der Waals surface area contributed by atoms with Crippen LogP contribution in [0.25, 0.3) is 0 Å². The van der Waals surface area contributed by atoms with Crippen LogP contribution in [0.5, 0.6) is 5.75 Å². The lowest BCUT2D eigenvalue weighted by Gasteiger charge is -2.29. The highest BCUT2D eigenvalue weighted by Gasteiger charge is 2.44. The topological polar surface area (TPSA) is 75.0 Å². The summed E-state index contributed by atoms with van der Waals surface area (Å²) in [6, 6.07) is 16.6. The summed E-state index contributed by atoms with van der Waals surface area (Å²) >= 11 is 11.6. The van der Waals surface area contributed by atoms with Crippen molar-refractivity contribution in [2.75, 3.05) is 17.3 Å². The van der Waals surface area contributed by atoms with Crippen LogP contribution in [0.3, 0.4) is 0 Å². The van der Waals surface area contributed by atoms with Crippen LogP contribution >= 0.6 is 23.8 Å². The molecule has 164 valence electrons. The maximum absolute atomic E-state index is 13.3. The molecule has 1 saturated heterocycles. The summed E-state index contributed by atoms with van der Waals surface area (Å²) in [5.41, 5.74) is 1.20. The van der Waals surface area contributed by atoms with E-state index in [1.807, 2.05) is 0 Å². The van der Waals surface area contributed by atoms with Crippen molar-refractivity contribution in [3.8, 4) is 5.75 Å². The Morgan fingerprint density at radius 1 is 1.19 bits per heavy atom. The number of carbonyl (C=O) groups is 2. The average Bonchev–Trinajstić information content (AvgIpc) is 3.41. The van der Waals surface area contributed by atoms with Crippen molar-refractivity contribution >= 4 is 52.1 Å². The number of thiocarbonyl (C=S) groups is 1. The molecule has 1 atom stereocenters. The third-order valence-corrected chi connectivity index (χ3v) is 5.68. The maximum atomic E-state index is 13.3. The molecular weight excluding hydrogens is 450 g/mol. The number of hydrogen-bond acceptors (Lipinski definition) is 5. The Balaban J connectivity index is 1.59. The van der Waals surface area contributed by atoms with Crippen molar-refractivity contribution in [3.05, 3.63) is 77.7 Å². The number of amides is 2. The largest absolute Gasteiger partial charge is 0.497 e. The Morgan fingerprint density at radius 2 is 1.91 bits per heavy atom. The van der Waals surface area contributed by atoms with Crippen molar-refractivity contribution < 1.29 is 18.7 Å². The molecule has 3 aromatic rings. The number of imide groups is 1. The lowest BCUT2D eigenvalue weighted by molar-refractivity contribution is -0.122. The van der Waals surface area contributed by atoms with Gasteiger partial charge in [0.25, 0.3) is 5.91 Å². The molecule has 4 rings (SSSR count). The molecule has 2 aromatic carbocycles. The molecule has 1 N–H and O–H groups in total. The van der Waals surface area contributed by atoms with Gasteiger partial charge in [-0.1, -0.05) is 11.6 Å². The van der Waals surface area contributed by atoms with E-state index in [0.717, 1.165) is 0 Å². The van der Waals surface area contributed by atoms with E-state index in [1.165, 1.54) is 4.90 Å². The van der Waals surface area contributed by atoms with Gasteiger partial charge in [0, 0.05) is 10.7 Å². The monoisotopic (exact) mass is 469 g/mol. The fourth-order valence-corrected chi connectivity index (χ4v) is 3.92. The van der Waals surface area contributed by atoms with E-state index in [0.29, 0.717) is 33.0 Å². The second kappa shape index (κ2) is 9.42. The Hall–Kier alpha value is -3.36. The highest BCUT2D eigenvalue weighted by atomic mass is 35.5. The first-order valence-corrected chi connectivity index (χ1v) is 10.6. The molecule has 9 heteroatoms. The Morgan fingerprint density at radius 3 is 2.53 bits per heavy atom. The standard InChI is InChI=1S/C23H20ClN3O4S/c1-30-18-10-8-17(9-11-18)27-21(28)13-20(22(27)29)26(14-19-3-2-12-31-19)23(32)25-16-6-4-15(24)5-7-16/h2-12,20H,13-14H2,1H3,(H,25,32). The molecule has 2 amide bonds. The van der Waals surface area contributed by atoms with Gasteiger partial charge >= 0.3 is 0 Å². The molecule has 1 aliphatic heterocycles. The van der Waals surface area contributed by atoms with Crippen molar-refractivity contribution in [2.24, 2.45) is 0 Å². The van der Waals surface area contributed by atoms with Crippen molar-refractivity contribution in [1.82, 2.24) is 4.90 Å². The lowest BCUT2D eigenvalue weighted by Crippen LogP contribution is -2.46. The first-order valence-electron chi connectivity index (χ1n) is 9.82. The molecular formula is C23H20ClN3O4S. The van der Waals surface area contributed by atoms with Crippen LogP contribution in [-0.2, 0) is 16.1 Å². The minimum Gasteiger partial charge on any atom is -0.497 e. The number of furan rings is 1. The van der Waals surface area contributed by atoms with E-state index in [9.17, 15) is 9.59 Å². The SMILES string of the molecule is COc1ccc(N2C(=O)CC(N(Cc3ccco3)C(=S)Nc3ccc(Cl)cc3)C2=O)cc1. The fraction of sp³-hybridized carbons (Fsp3) is 0.174. The number of halogens is 1. The second-order valence-electron chi connectivity index (χ2n) is 7.13. The summed E-state index contributed by atoms with van der Waals surface area (Å²) in [5, 5.41) is 4.02. The fourth-order valence-electron chi connectivity index (χ4n) is 3.48. The number of carbonyl (C=O) groups excluding carboxylic acids is 2. The summed E-state index contributed by atoms with van der Waals surface area (Å²) in [7, 11) is 1.55. The zero-order valence-electron chi connectivity index (χ0n) is 17.2. The Labute approximate surface area is 195 Å². The van der Waals surface area contributed by atoms with Crippen molar-refractivity contribution in [2.45, 2.75) is 19.0 Å². The van der Waals surface area contributed by atoms with Crippen LogP contribution in [0.4, 0.5) is 11.4 Å². The van der Waals surface area contributed by atoms with Gasteiger partial charge in [-0.2, -0.15) is 0 Å². The van der Waals surface area contributed by atoms with Gasteiger partial charge in [-0.3, -0.25) is 9.59 Å². The van der Waals surface area contributed by atoms with Crippen molar-refractivity contribution in [1.29, 1.82) is 0 Å². The van der Waals surface area contributed by atoms with Gasteiger partial charge in [-0.25, -0.2) is 4.90 Å². The van der Waals surface area contributed by atoms with Gasteiger partial charge in [-0.15, -0.1) is 0 Å². The molecule has 2 heterocycles. The summed E-state index contributed by atoms with van der Waals surface area (Å²) in [6.45, 7) is 0.229. The van der Waals surface area contributed by atoms with E-state index < -0.39 is 6.04 Å². The number of benzene rings is 2. The molecule has 1 aliphatic rings. The third-order valence-electron chi connectivity index (χ3n) is 5.09. The second-order valence-corrected chi connectivity index (χ2v) is 7.95. The molecule has 1 unspecified atom stereocenters. The van der Waals surface area contributed by atoms with E-state index in [4.69, 9.17) is 33.0 Å². The Kier molecular flexibility index (Phi) is 6.43. The minimum atomic E-state index is -0.776. The number of anilines is 2. The summed E-state index contributed by atoms with van der Waals surface area (Å²) < 4.78 is 10.6. The molecule has 0 saturated carbocycles. The third kappa shape index (κ3) is 4.61. The normalized spacial score (nSPS) is 15.7. The summed E-state index contributed by atoms with van der Waals surface area (Å²) in [5.74, 6) is 0.599. The van der Waals surface area contributed by atoms with E-state index in [2.05, 4.69) is 5.32 Å². The van der Waals surface area contributed by atoms with Gasteiger partial charge < -0.3 is 19.4 Å². The average molecular weight is 470 g/mol. The highest BCUT2D eigenvalue weighted by molar-refractivity contribution is 7.80. The zero-order chi connectivity index (χ0) is 22.7. The number of methoxy groups -OCH3 is 1. The van der Waals surface area contributed by atoms with Crippen LogP contribution in [-0.4, -0.2) is 35.0 Å². The molecule has 1 fully saturated rings. The van der Waals surface area contributed by atoms with Crippen LogP contribution in [0, 0.1) is 0 Å². The molecule has 0 bridgehead atoms. The molecule has 1 aromatic heterocycles. The van der Waals surface area contributed by atoms with Gasteiger partial charge in [0.05, 0.1) is 32.0 Å². The smallest absolute Gasteiger partial charge is 0.257 e. The minimum absolute atomic E-state index is 0.00594. The van der Waals surface area contributed by atoms with E-state index in [1.54, 1.807) is 78.9 Å². The predicted molar refractivity (Wildman–Crippen MR) is 126 cm³/mol. The van der Waals surface area contributed by atoms with Gasteiger partial charge in [0.2, 0.25) is 5.91 Å². The van der Waals surface area contributed by atoms with E-state index in [-0.39, 0.29) is 24.8 Å². The highest BCUT2D eigenvalue weighted by Crippen LogP contribution is 2.29. The number of nitrogens with zero attached hydrogens (tertiary/aromatic N) is 2. The summed E-state index contributed by atoms with van der Waals surface area (Å²) in [4.78, 5) is 29.0. The zero-order valence-corrected chi connectivity index (χ0v) is 18.7. The van der Waals surface area contributed by atoms with Crippen molar-refractivity contribution in [3.63, 3.8) is 0 Å². The van der Waals surface area contributed by atoms with Crippen LogP contribution in [0.2, 0.25) is 5.02 Å². The van der Waals surface area contributed by atoms with Gasteiger partial charge in [-0.05, 0) is 72.9 Å². The molecule has 32 heavy (non-hydrogen) atoms. The number of nitrogens with one attached hydrogen (secondary N) is 1. The van der Waals surface area contributed by atoms with Gasteiger partial charge in [0.15, 0.2) is 5.11 Å². The maximum Gasteiger partial charge on any atom is 0.257 e. The Bertz CT molecular complexity index is 1120. The van der Waals surface area contributed by atoms with Gasteiger partial charge in [0.1, 0.15) is 17.6 Å². The number of ether oxygens (including phenoxy) is 1. The quantitative estimate of drug-likeness (QED) is 0.421. The number of hydrogen-bond donors (Lipinski definition) is 1. The molecule has 0 aliphatic carbocycles. The summed E-state index contributed by atoms with van der Waals surface area (Å²) in [6.07, 6.45) is 1.54. The molecule has 0 radical (unpaired) electrons. The van der Waals surface area contributed by atoms with Crippen LogP contribution in [0.15, 0.2) is 71.3 Å². The van der Waals surface area contributed by atoms with E-state index >= 15 is 0 Å². The first kappa shape index (κ1) is 21.9.